The molecule has 0 spiro atoms. The summed E-state index contributed by atoms with van der Waals surface area (Å²) in [5.74, 6) is 6.45. The molecule has 0 fully saturated rings. The van der Waals surface area contributed by atoms with Crippen LogP contribution >= 0.6 is 11.6 Å². The highest BCUT2D eigenvalue weighted by molar-refractivity contribution is 6.30. The summed E-state index contributed by atoms with van der Waals surface area (Å²) in [6.45, 7) is 0.589. The molecule has 2 aromatic rings. The third-order valence-electron chi connectivity index (χ3n) is 2.87. The van der Waals surface area contributed by atoms with Crippen LogP contribution in [0.4, 0.5) is 0 Å². The van der Waals surface area contributed by atoms with Gasteiger partial charge in [-0.1, -0.05) is 41.9 Å². The van der Waals surface area contributed by atoms with E-state index in [0.717, 1.165) is 17.7 Å². The van der Waals surface area contributed by atoms with E-state index in [9.17, 15) is 0 Å². The number of nitrogens with two attached hydrogens (primary N) is 1. The average Bonchev–Trinajstić information content (AvgIpc) is 2.45. The molecule has 0 aliphatic carbocycles. The molecule has 0 radical (unpaired) electrons. The Bertz CT molecular complexity index is 505. The lowest BCUT2D eigenvalue weighted by atomic mass is 10.1. The molecular weight excluding hydrogens is 260 g/mol. The molecule has 19 heavy (non-hydrogen) atoms. The Kier molecular flexibility index (Phi) is 5.21. The van der Waals surface area contributed by atoms with Gasteiger partial charge in [-0.25, -0.2) is 0 Å². The second-order valence-corrected chi connectivity index (χ2v) is 4.66. The van der Waals surface area contributed by atoms with Crippen molar-refractivity contribution in [2.75, 3.05) is 6.61 Å². The zero-order chi connectivity index (χ0) is 13.5. The molecule has 0 heterocycles. The summed E-state index contributed by atoms with van der Waals surface area (Å²) in [5, 5.41) is 0.710. The molecule has 2 rings (SSSR count). The number of nitrogens with one attached hydrogen (secondary N) is 1. The second-order valence-electron chi connectivity index (χ2n) is 4.22. The first kappa shape index (κ1) is 13.9. The van der Waals surface area contributed by atoms with Gasteiger partial charge in [0.2, 0.25) is 0 Å². The van der Waals surface area contributed by atoms with Crippen LogP contribution in [0.15, 0.2) is 54.6 Å². The Morgan fingerprint density at radius 1 is 1.11 bits per heavy atom. The summed E-state index contributed by atoms with van der Waals surface area (Å²) >= 11 is 5.98. The van der Waals surface area contributed by atoms with Gasteiger partial charge < -0.3 is 4.74 Å². The molecule has 3 nitrogen and oxygen atoms in total. The van der Waals surface area contributed by atoms with Gasteiger partial charge in [0.25, 0.3) is 0 Å². The van der Waals surface area contributed by atoms with Gasteiger partial charge in [0.15, 0.2) is 0 Å². The fraction of sp³-hybridized carbons (Fsp3) is 0.200. The lowest BCUT2D eigenvalue weighted by molar-refractivity contribution is 0.287. The first-order valence-electron chi connectivity index (χ1n) is 6.19. The average molecular weight is 277 g/mol. The van der Waals surface area contributed by atoms with E-state index >= 15 is 0 Å². The number of halogens is 1. The molecule has 0 amide bonds. The molecule has 4 heteroatoms. The Balaban J connectivity index is 1.89. The highest BCUT2D eigenvalue weighted by Crippen LogP contribution is 2.20. The number of para-hydroxylation sites is 1. The van der Waals surface area contributed by atoms with Crippen LogP contribution in [0.5, 0.6) is 5.75 Å². The summed E-state index contributed by atoms with van der Waals surface area (Å²) < 4.78 is 5.66. The standard InChI is InChI=1S/C15H17ClN2O/c16-13-6-4-5-12(11-13)15(18-17)9-10-19-14-7-2-1-3-8-14/h1-8,11,15,18H,9-10,17H2. The van der Waals surface area contributed by atoms with Crippen molar-refractivity contribution in [1.29, 1.82) is 0 Å². The van der Waals surface area contributed by atoms with Crippen molar-refractivity contribution in [3.63, 3.8) is 0 Å². The van der Waals surface area contributed by atoms with E-state index < -0.39 is 0 Å². The highest BCUT2D eigenvalue weighted by atomic mass is 35.5. The molecule has 0 bridgehead atoms. The van der Waals surface area contributed by atoms with Crippen molar-refractivity contribution < 1.29 is 4.74 Å². The van der Waals surface area contributed by atoms with Gasteiger partial charge in [0, 0.05) is 17.5 Å². The maximum atomic E-state index is 5.98. The van der Waals surface area contributed by atoms with Crippen LogP contribution in [0, 0.1) is 0 Å². The molecular formula is C15H17ClN2O. The van der Waals surface area contributed by atoms with Gasteiger partial charge >= 0.3 is 0 Å². The Morgan fingerprint density at radius 3 is 2.58 bits per heavy atom. The van der Waals surface area contributed by atoms with Gasteiger partial charge in [0.1, 0.15) is 5.75 Å². The van der Waals surface area contributed by atoms with E-state index in [4.69, 9.17) is 22.2 Å². The van der Waals surface area contributed by atoms with Gasteiger partial charge in [-0.15, -0.1) is 0 Å². The van der Waals surface area contributed by atoms with E-state index in [0.29, 0.717) is 11.6 Å². The monoisotopic (exact) mass is 276 g/mol. The smallest absolute Gasteiger partial charge is 0.119 e. The molecule has 0 aliphatic rings. The summed E-state index contributed by atoms with van der Waals surface area (Å²) in [6, 6.07) is 17.4. The lowest BCUT2D eigenvalue weighted by Gasteiger charge is -2.17. The first-order valence-corrected chi connectivity index (χ1v) is 6.57. The van der Waals surface area contributed by atoms with Crippen LogP contribution in [0.1, 0.15) is 18.0 Å². The van der Waals surface area contributed by atoms with Crippen molar-refractivity contribution in [3.8, 4) is 5.75 Å². The number of hydrazine groups is 1. The number of benzene rings is 2. The molecule has 0 saturated carbocycles. The fourth-order valence-corrected chi connectivity index (χ4v) is 2.08. The molecule has 1 atom stereocenters. The Labute approximate surface area is 118 Å². The van der Waals surface area contributed by atoms with Gasteiger partial charge in [-0.05, 0) is 29.8 Å². The second kappa shape index (κ2) is 7.14. The van der Waals surface area contributed by atoms with E-state index in [-0.39, 0.29) is 6.04 Å². The van der Waals surface area contributed by atoms with Crippen molar-refractivity contribution in [2.24, 2.45) is 5.84 Å². The largest absolute Gasteiger partial charge is 0.494 e. The highest BCUT2D eigenvalue weighted by Gasteiger charge is 2.10. The molecule has 0 aliphatic heterocycles. The minimum Gasteiger partial charge on any atom is -0.494 e. The topological polar surface area (TPSA) is 47.3 Å². The normalized spacial score (nSPS) is 12.1. The van der Waals surface area contributed by atoms with E-state index in [2.05, 4.69) is 5.43 Å². The zero-order valence-electron chi connectivity index (χ0n) is 10.6. The van der Waals surface area contributed by atoms with Crippen molar-refractivity contribution >= 4 is 11.6 Å². The first-order chi connectivity index (χ1) is 9.29. The van der Waals surface area contributed by atoms with Gasteiger partial charge in [-0.3, -0.25) is 11.3 Å². The van der Waals surface area contributed by atoms with Crippen molar-refractivity contribution in [2.45, 2.75) is 12.5 Å². The summed E-state index contributed by atoms with van der Waals surface area (Å²) in [7, 11) is 0. The third-order valence-corrected chi connectivity index (χ3v) is 3.11. The van der Waals surface area contributed by atoms with Crippen LogP contribution in [0.3, 0.4) is 0 Å². The molecule has 100 valence electrons. The Hall–Kier alpha value is -1.55. The van der Waals surface area contributed by atoms with Crippen LogP contribution < -0.4 is 16.0 Å². The minimum atomic E-state index is 0.0300. The van der Waals surface area contributed by atoms with E-state index in [1.54, 1.807) is 0 Å². The maximum Gasteiger partial charge on any atom is 0.119 e. The summed E-state index contributed by atoms with van der Waals surface area (Å²) in [5.41, 5.74) is 3.85. The molecule has 3 N–H and O–H groups in total. The number of hydrogen-bond acceptors (Lipinski definition) is 3. The van der Waals surface area contributed by atoms with Crippen molar-refractivity contribution in [1.82, 2.24) is 5.43 Å². The minimum absolute atomic E-state index is 0.0300. The van der Waals surface area contributed by atoms with E-state index in [1.807, 2.05) is 54.6 Å². The fourth-order valence-electron chi connectivity index (χ4n) is 1.88. The van der Waals surface area contributed by atoms with Crippen molar-refractivity contribution in [3.05, 3.63) is 65.2 Å². The van der Waals surface area contributed by atoms with Gasteiger partial charge in [-0.2, -0.15) is 0 Å². The third kappa shape index (κ3) is 4.24. The quantitative estimate of drug-likeness (QED) is 0.629. The summed E-state index contributed by atoms with van der Waals surface area (Å²) in [4.78, 5) is 0. The number of ether oxygens (including phenoxy) is 1. The molecule has 0 saturated heterocycles. The molecule has 2 aromatic carbocycles. The predicted octanol–water partition coefficient (Wildman–Crippen LogP) is 3.31. The van der Waals surface area contributed by atoms with Gasteiger partial charge in [0.05, 0.1) is 6.61 Å². The Morgan fingerprint density at radius 2 is 1.89 bits per heavy atom. The van der Waals surface area contributed by atoms with Crippen LogP contribution in [-0.2, 0) is 0 Å². The van der Waals surface area contributed by atoms with Crippen LogP contribution in [0.2, 0.25) is 5.02 Å². The molecule has 1 unspecified atom stereocenters. The number of rotatable bonds is 6. The SMILES string of the molecule is NNC(CCOc1ccccc1)c1cccc(Cl)c1. The van der Waals surface area contributed by atoms with Crippen LogP contribution in [0.25, 0.3) is 0 Å². The molecule has 0 aromatic heterocycles. The zero-order valence-corrected chi connectivity index (χ0v) is 11.3. The predicted molar refractivity (Wildman–Crippen MR) is 78.1 cm³/mol. The van der Waals surface area contributed by atoms with E-state index in [1.165, 1.54) is 0 Å². The van der Waals surface area contributed by atoms with Crippen LogP contribution in [-0.4, -0.2) is 6.61 Å². The summed E-state index contributed by atoms with van der Waals surface area (Å²) in [6.07, 6.45) is 0.770. The maximum absolute atomic E-state index is 5.98. The number of hydrogen-bond donors (Lipinski definition) is 2. The lowest BCUT2D eigenvalue weighted by Crippen LogP contribution is -2.29.